The van der Waals surface area contributed by atoms with Gasteiger partial charge in [0, 0.05) is 58.7 Å². The molecule has 0 spiro atoms. The molecule has 8 heteroatoms. The monoisotopic (exact) mass is 503 g/mol. The van der Waals surface area contributed by atoms with Crippen molar-refractivity contribution in [2.24, 2.45) is 4.99 Å². The van der Waals surface area contributed by atoms with Gasteiger partial charge in [0.1, 0.15) is 6.54 Å². The first kappa shape index (κ1) is 24.5. The van der Waals surface area contributed by atoms with E-state index in [9.17, 15) is 4.79 Å². The predicted octanol–water partition coefficient (Wildman–Crippen LogP) is 1.93. The van der Waals surface area contributed by atoms with E-state index < -0.39 is 0 Å². The Morgan fingerprint density at radius 2 is 2.07 bits per heavy atom. The van der Waals surface area contributed by atoms with E-state index in [-0.39, 0.29) is 36.4 Å². The normalized spacial score (nSPS) is 16.5. The SMILES string of the molecule is CCOCCCNC(=NCC(=O)N(C)C)NC1CCN(c2ccccc2)C1.I. The Kier molecular flexibility index (Phi) is 11.9. The van der Waals surface area contributed by atoms with Crippen molar-refractivity contribution in [1.82, 2.24) is 15.5 Å². The molecule has 1 unspecified atom stereocenters. The molecule has 1 fully saturated rings. The van der Waals surface area contributed by atoms with Gasteiger partial charge >= 0.3 is 0 Å². The number of hydrogen-bond donors (Lipinski definition) is 2. The summed E-state index contributed by atoms with van der Waals surface area (Å²) in [5.41, 5.74) is 1.24. The maximum atomic E-state index is 11.9. The van der Waals surface area contributed by atoms with E-state index in [4.69, 9.17) is 4.74 Å². The topological polar surface area (TPSA) is 69.2 Å². The van der Waals surface area contributed by atoms with E-state index >= 15 is 0 Å². The van der Waals surface area contributed by atoms with Crippen molar-refractivity contribution in [2.75, 3.05) is 58.4 Å². The number of nitrogens with one attached hydrogen (secondary N) is 2. The van der Waals surface area contributed by atoms with Crippen molar-refractivity contribution in [3.8, 4) is 0 Å². The number of halogens is 1. The van der Waals surface area contributed by atoms with Gasteiger partial charge in [0.15, 0.2) is 5.96 Å². The number of carbonyl (C=O) groups is 1. The van der Waals surface area contributed by atoms with Crippen LogP contribution in [0.2, 0.25) is 0 Å². The van der Waals surface area contributed by atoms with Gasteiger partial charge in [0.2, 0.25) is 5.91 Å². The molecule has 2 rings (SSSR count). The molecule has 0 saturated carbocycles. The average molecular weight is 503 g/mol. The highest BCUT2D eigenvalue weighted by molar-refractivity contribution is 14.0. The zero-order chi connectivity index (χ0) is 19.5. The summed E-state index contributed by atoms with van der Waals surface area (Å²) < 4.78 is 5.37. The van der Waals surface area contributed by atoms with Gasteiger partial charge in [-0.3, -0.25) is 4.79 Å². The lowest BCUT2D eigenvalue weighted by Gasteiger charge is -2.20. The third-order valence-electron chi connectivity index (χ3n) is 4.48. The largest absolute Gasteiger partial charge is 0.382 e. The van der Waals surface area contributed by atoms with Gasteiger partial charge < -0.3 is 25.2 Å². The molecule has 1 saturated heterocycles. The van der Waals surface area contributed by atoms with Crippen molar-refractivity contribution >= 4 is 41.5 Å². The molecule has 1 aromatic carbocycles. The molecule has 0 bridgehead atoms. The van der Waals surface area contributed by atoms with Crippen LogP contribution in [0.25, 0.3) is 0 Å². The Morgan fingerprint density at radius 1 is 1.32 bits per heavy atom. The van der Waals surface area contributed by atoms with Gasteiger partial charge in [-0.2, -0.15) is 0 Å². The van der Waals surface area contributed by atoms with Crippen LogP contribution in [0.4, 0.5) is 5.69 Å². The number of carbonyl (C=O) groups excluding carboxylic acids is 1. The molecular formula is C20H34IN5O2. The van der Waals surface area contributed by atoms with Gasteiger partial charge in [0.25, 0.3) is 0 Å². The fourth-order valence-corrected chi connectivity index (χ4v) is 2.91. The van der Waals surface area contributed by atoms with E-state index in [0.717, 1.165) is 45.7 Å². The summed E-state index contributed by atoms with van der Waals surface area (Å²) in [6.45, 7) is 6.28. The van der Waals surface area contributed by atoms with E-state index in [1.807, 2.05) is 13.0 Å². The Hall–Kier alpha value is -1.55. The Morgan fingerprint density at radius 3 is 2.75 bits per heavy atom. The van der Waals surface area contributed by atoms with Crippen molar-refractivity contribution in [2.45, 2.75) is 25.8 Å². The van der Waals surface area contributed by atoms with E-state index in [0.29, 0.717) is 12.0 Å². The standard InChI is InChI=1S/C20H33N5O2.HI/c1-4-27-14-8-12-21-20(22-15-19(26)24(2)3)23-17-11-13-25(16-17)18-9-6-5-7-10-18;/h5-7,9-10,17H,4,8,11-16H2,1-3H3,(H2,21,22,23);1H. The molecule has 0 aliphatic carbocycles. The highest BCUT2D eigenvalue weighted by atomic mass is 127. The van der Waals surface area contributed by atoms with Crippen LogP contribution in [0.5, 0.6) is 0 Å². The van der Waals surface area contributed by atoms with Gasteiger partial charge in [-0.05, 0) is 31.9 Å². The number of benzene rings is 1. The molecular weight excluding hydrogens is 469 g/mol. The van der Waals surface area contributed by atoms with Crippen LogP contribution in [0.15, 0.2) is 35.3 Å². The maximum absolute atomic E-state index is 11.9. The first-order valence-electron chi connectivity index (χ1n) is 9.73. The summed E-state index contributed by atoms with van der Waals surface area (Å²) >= 11 is 0. The highest BCUT2D eigenvalue weighted by Crippen LogP contribution is 2.19. The average Bonchev–Trinajstić information content (AvgIpc) is 3.14. The molecule has 1 aliphatic heterocycles. The molecule has 1 aliphatic rings. The molecule has 1 aromatic rings. The molecule has 0 radical (unpaired) electrons. The molecule has 0 aromatic heterocycles. The zero-order valence-electron chi connectivity index (χ0n) is 17.2. The smallest absolute Gasteiger partial charge is 0.243 e. The Labute approximate surface area is 185 Å². The fourth-order valence-electron chi connectivity index (χ4n) is 2.91. The fraction of sp³-hybridized carbons (Fsp3) is 0.600. The van der Waals surface area contributed by atoms with Crippen LogP contribution in [0, 0.1) is 0 Å². The number of likely N-dealkylation sites (N-methyl/N-ethyl adjacent to an activating group) is 1. The number of guanidine groups is 1. The first-order chi connectivity index (χ1) is 13.1. The molecule has 28 heavy (non-hydrogen) atoms. The summed E-state index contributed by atoms with van der Waals surface area (Å²) in [6, 6.07) is 10.7. The third-order valence-corrected chi connectivity index (χ3v) is 4.48. The lowest BCUT2D eigenvalue weighted by atomic mass is 10.2. The van der Waals surface area contributed by atoms with Crippen molar-refractivity contribution < 1.29 is 9.53 Å². The second kappa shape index (κ2) is 13.6. The summed E-state index contributed by atoms with van der Waals surface area (Å²) in [6.07, 6.45) is 1.94. The second-order valence-corrected chi connectivity index (χ2v) is 6.84. The highest BCUT2D eigenvalue weighted by Gasteiger charge is 2.23. The molecule has 1 heterocycles. The van der Waals surface area contributed by atoms with Gasteiger partial charge in [0.05, 0.1) is 0 Å². The van der Waals surface area contributed by atoms with Gasteiger partial charge in [-0.1, -0.05) is 18.2 Å². The van der Waals surface area contributed by atoms with E-state index in [1.54, 1.807) is 19.0 Å². The van der Waals surface area contributed by atoms with Crippen LogP contribution in [-0.2, 0) is 9.53 Å². The van der Waals surface area contributed by atoms with Gasteiger partial charge in [-0.25, -0.2) is 4.99 Å². The number of hydrogen-bond acceptors (Lipinski definition) is 4. The summed E-state index contributed by atoms with van der Waals surface area (Å²) in [5, 5.41) is 6.81. The van der Waals surface area contributed by atoms with Crippen LogP contribution in [-0.4, -0.2) is 76.3 Å². The Bertz CT molecular complexity index is 598. The minimum Gasteiger partial charge on any atom is -0.382 e. The number of nitrogens with zero attached hydrogens (tertiary/aromatic N) is 3. The van der Waals surface area contributed by atoms with Crippen LogP contribution < -0.4 is 15.5 Å². The first-order valence-corrected chi connectivity index (χ1v) is 9.73. The molecule has 7 nitrogen and oxygen atoms in total. The minimum absolute atomic E-state index is 0. The number of rotatable bonds is 9. The van der Waals surface area contributed by atoms with E-state index in [1.165, 1.54) is 5.69 Å². The lowest BCUT2D eigenvalue weighted by Crippen LogP contribution is -2.45. The predicted molar refractivity (Wildman–Crippen MR) is 126 cm³/mol. The van der Waals surface area contributed by atoms with Crippen molar-refractivity contribution in [3.05, 3.63) is 30.3 Å². The maximum Gasteiger partial charge on any atom is 0.243 e. The number of para-hydroxylation sites is 1. The summed E-state index contributed by atoms with van der Waals surface area (Å²) in [7, 11) is 3.49. The Balaban J connectivity index is 0.00000392. The van der Waals surface area contributed by atoms with Gasteiger partial charge in [-0.15, -0.1) is 24.0 Å². The van der Waals surface area contributed by atoms with Crippen molar-refractivity contribution in [3.63, 3.8) is 0 Å². The van der Waals surface area contributed by atoms with Crippen LogP contribution in [0.1, 0.15) is 19.8 Å². The zero-order valence-corrected chi connectivity index (χ0v) is 19.5. The van der Waals surface area contributed by atoms with Crippen LogP contribution >= 0.6 is 24.0 Å². The second-order valence-electron chi connectivity index (χ2n) is 6.84. The lowest BCUT2D eigenvalue weighted by molar-refractivity contribution is -0.127. The minimum atomic E-state index is -0.0113. The summed E-state index contributed by atoms with van der Waals surface area (Å²) in [5.74, 6) is 0.685. The summed E-state index contributed by atoms with van der Waals surface area (Å²) in [4.78, 5) is 20.3. The molecule has 1 atom stereocenters. The molecule has 158 valence electrons. The third kappa shape index (κ3) is 8.64. The number of anilines is 1. The number of aliphatic imine (C=N–C) groups is 1. The number of amides is 1. The van der Waals surface area contributed by atoms with Crippen LogP contribution in [0.3, 0.4) is 0 Å². The van der Waals surface area contributed by atoms with E-state index in [2.05, 4.69) is 44.8 Å². The molecule has 1 amide bonds. The quantitative estimate of drug-likeness (QED) is 0.233. The number of ether oxygens (including phenoxy) is 1. The molecule has 2 N–H and O–H groups in total. The van der Waals surface area contributed by atoms with Crippen molar-refractivity contribution in [1.29, 1.82) is 0 Å².